The summed E-state index contributed by atoms with van der Waals surface area (Å²) < 4.78 is 5.37. The molecule has 1 aliphatic rings. The Hall–Kier alpha value is -1.88. The monoisotopic (exact) mass is 276 g/mol. The van der Waals surface area contributed by atoms with Crippen molar-refractivity contribution in [2.45, 2.75) is 12.8 Å². The SMILES string of the molecule is C=CCOc1ccc(NC(=S)NC(=O)C2CC2)cc1. The lowest BCUT2D eigenvalue weighted by atomic mass is 10.3. The Labute approximate surface area is 117 Å². The molecule has 1 aliphatic carbocycles. The number of nitrogens with one attached hydrogen (secondary N) is 2. The second-order valence-corrected chi connectivity index (χ2v) is 4.75. The number of anilines is 1. The zero-order chi connectivity index (χ0) is 13.7. The second-order valence-electron chi connectivity index (χ2n) is 4.34. The van der Waals surface area contributed by atoms with Crippen LogP contribution in [0.5, 0.6) is 5.75 Å². The molecule has 1 aromatic rings. The number of thiocarbonyl (C=S) groups is 1. The maximum absolute atomic E-state index is 11.5. The molecule has 100 valence electrons. The molecule has 0 unspecified atom stereocenters. The first-order valence-corrected chi connectivity index (χ1v) is 6.55. The van der Waals surface area contributed by atoms with E-state index in [2.05, 4.69) is 17.2 Å². The van der Waals surface area contributed by atoms with E-state index >= 15 is 0 Å². The van der Waals surface area contributed by atoms with Gasteiger partial charge in [-0.25, -0.2) is 0 Å². The molecule has 0 radical (unpaired) electrons. The quantitative estimate of drug-likeness (QED) is 0.641. The van der Waals surface area contributed by atoms with E-state index in [1.807, 2.05) is 24.3 Å². The number of hydrogen-bond donors (Lipinski definition) is 2. The van der Waals surface area contributed by atoms with Crippen molar-refractivity contribution >= 4 is 28.9 Å². The van der Waals surface area contributed by atoms with Gasteiger partial charge in [-0.3, -0.25) is 4.79 Å². The topological polar surface area (TPSA) is 50.4 Å². The van der Waals surface area contributed by atoms with Gasteiger partial charge >= 0.3 is 0 Å². The molecular formula is C14H16N2O2S. The van der Waals surface area contributed by atoms with Gasteiger partial charge < -0.3 is 15.4 Å². The van der Waals surface area contributed by atoms with Crippen molar-refractivity contribution in [3.05, 3.63) is 36.9 Å². The van der Waals surface area contributed by atoms with Crippen molar-refractivity contribution in [1.29, 1.82) is 0 Å². The fourth-order valence-corrected chi connectivity index (χ4v) is 1.73. The van der Waals surface area contributed by atoms with Crippen molar-refractivity contribution in [2.75, 3.05) is 11.9 Å². The molecule has 0 aliphatic heterocycles. The standard InChI is InChI=1S/C14H16N2O2S/c1-2-9-18-12-7-5-11(6-8-12)15-14(19)16-13(17)10-3-4-10/h2,5-8,10H,1,3-4,9H2,(H2,15,16,17,19). The van der Waals surface area contributed by atoms with Gasteiger partial charge in [0.2, 0.25) is 5.91 Å². The van der Waals surface area contributed by atoms with Gasteiger partial charge in [-0.05, 0) is 49.3 Å². The van der Waals surface area contributed by atoms with Gasteiger partial charge in [0.05, 0.1) is 0 Å². The number of rotatable bonds is 5. The smallest absolute Gasteiger partial charge is 0.229 e. The molecule has 1 fully saturated rings. The summed E-state index contributed by atoms with van der Waals surface area (Å²) in [5.41, 5.74) is 0.812. The first-order chi connectivity index (χ1) is 9.19. The highest BCUT2D eigenvalue weighted by molar-refractivity contribution is 7.80. The van der Waals surface area contributed by atoms with Crippen LogP contribution in [0, 0.1) is 5.92 Å². The van der Waals surface area contributed by atoms with Gasteiger partial charge in [-0.2, -0.15) is 0 Å². The predicted molar refractivity (Wildman–Crippen MR) is 79.2 cm³/mol. The lowest BCUT2D eigenvalue weighted by Gasteiger charge is -2.10. The second kappa shape index (κ2) is 6.33. The average Bonchev–Trinajstić information content (AvgIpc) is 3.22. The van der Waals surface area contributed by atoms with Crippen LogP contribution in [0.3, 0.4) is 0 Å². The zero-order valence-electron chi connectivity index (χ0n) is 10.5. The van der Waals surface area contributed by atoms with E-state index in [-0.39, 0.29) is 11.8 Å². The van der Waals surface area contributed by atoms with Gasteiger partial charge in [-0.15, -0.1) is 0 Å². The van der Waals surface area contributed by atoms with Crippen LogP contribution in [0.1, 0.15) is 12.8 Å². The zero-order valence-corrected chi connectivity index (χ0v) is 11.3. The van der Waals surface area contributed by atoms with Crippen molar-refractivity contribution in [1.82, 2.24) is 5.32 Å². The molecule has 4 nitrogen and oxygen atoms in total. The molecule has 0 heterocycles. The minimum Gasteiger partial charge on any atom is -0.490 e. The van der Waals surface area contributed by atoms with Crippen molar-refractivity contribution < 1.29 is 9.53 Å². The fraction of sp³-hybridized carbons (Fsp3) is 0.286. The van der Waals surface area contributed by atoms with Crippen LogP contribution in [0.15, 0.2) is 36.9 Å². The van der Waals surface area contributed by atoms with Crippen LogP contribution in [0.4, 0.5) is 5.69 Å². The summed E-state index contributed by atoms with van der Waals surface area (Å²) in [4.78, 5) is 11.5. The van der Waals surface area contributed by atoms with E-state index in [1.165, 1.54) is 0 Å². The number of carbonyl (C=O) groups excluding carboxylic acids is 1. The van der Waals surface area contributed by atoms with Crippen LogP contribution >= 0.6 is 12.2 Å². The largest absolute Gasteiger partial charge is 0.490 e. The molecule has 1 amide bonds. The Kier molecular flexibility index (Phi) is 4.52. The van der Waals surface area contributed by atoms with Crippen molar-refractivity contribution in [3.8, 4) is 5.75 Å². The Morgan fingerprint density at radius 1 is 1.42 bits per heavy atom. The summed E-state index contributed by atoms with van der Waals surface area (Å²) in [7, 11) is 0. The normalized spacial score (nSPS) is 13.5. The predicted octanol–water partition coefficient (Wildman–Crippen LogP) is 2.47. The van der Waals surface area contributed by atoms with E-state index < -0.39 is 0 Å². The summed E-state index contributed by atoms with van der Waals surface area (Å²) in [5.74, 6) is 0.913. The summed E-state index contributed by atoms with van der Waals surface area (Å²) >= 11 is 5.07. The summed E-state index contributed by atoms with van der Waals surface area (Å²) in [6.45, 7) is 4.06. The highest BCUT2D eigenvalue weighted by Gasteiger charge is 2.29. The van der Waals surface area contributed by atoms with E-state index in [0.29, 0.717) is 11.7 Å². The number of carbonyl (C=O) groups is 1. The van der Waals surface area contributed by atoms with Gasteiger partial charge in [0.15, 0.2) is 5.11 Å². The van der Waals surface area contributed by atoms with E-state index in [4.69, 9.17) is 17.0 Å². The maximum atomic E-state index is 11.5. The molecule has 0 saturated heterocycles. The van der Waals surface area contributed by atoms with Crippen molar-refractivity contribution in [3.63, 3.8) is 0 Å². The minimum absolute atomic E-state index is 0.00318. The molecule has 0 bridgehead atoms. The summed E-state index contributed by atoms with van der Waals surface area (Å²) in [6.07, 6.45) is 3.61. The number of hydrogen-bond acceptors (Lipinski definition) is 3. The third kappa shape index (κ3) is 4.37. The third-order valence-electron chi connectivity index (χ3n) is 2.66. The highest BCUT2D eigenvalue weighted by atomic mass is 32.1. The molecular weight excluding hydrogens is 260 g/mol. The highest BCUT2D eigenvalue weighted by Crippen LogP contribution is 2.28. The molecule has 2 rings (SSSR count). The molecule has 0 aromatic heterocycles. The van der Waals surface area contributed by atoms with E-state index in [0.717, 1.165) is 24.3 Å². The van der Waals surface area contributed by atoms with Crippen LogP contribution < -0.4 is 15.4 Å². The first kappa shape index (κ1) is 13.5. The van der Waals surface area contributed by atoms with Crippen LogP contribution in [0.25, 0.3) is 0 Å². The molecule has 0 spiro atoms. The van der Waals surface area contributed by atoms with Gasteiger partial charge in [0.25, 0.3) is 0 Å². The van der Waals surface area contributed by atoms with E-state index in [1.54, 1.807) is 6.08 Å². The number of ether oxygens (including phenoxy) is 1. The molecule has 19 heavy (non-hydrogen) atoms. The third-order valence-corrected chi connectivity index (χ3v) is 2.87. The van der Waals surface area contributed by atoms with Gasteiger partial charge in [0, 0.05) is 11.6 Å². The first-order valence-electron chi connectivity index (χ1n) is 6.14. The Balaban J connectivity index is 1.82. The van der Waals surface area contributed by atoms with E-state index in [9.17, 15) is 4.79 Å². The number of amides is 1. The summed E-state index contributed by atoms with van der Waals surface area (Å²) in [6, 6.07) is 7.34. The van der Waals surface area contributed by atoms with Gasteiger partial charge in [0.1, 0.15) is 12.4 Å². The minimum atomic E-state index is 0.00318. The molecule has 1 saturated carbocycles. The molecule has 0 atom stereocenters. The van der Waals surface area contributed by atoms with Crippen molar-refractivity contribution in [2.24, 2.45) is 5.92 Å². The lowest BCUT2D eigenvalue weighted by molar-refractivity contribution is -0.120. The maximum Gasteiger partial charge on any atom is 0.229 e. The van der Waals surface area contributed by atoms with Gasteiger partial charge in [-0.1, -0.05) is 12.7 Å². The fourth-order valence-electron chi connectivity index (χ4n) is 1.51. The molecule has 1 aromatic carbocycles. The Bertz CT molecular complexity index is 481. The van der Waals surface area contributed by atoms with Crippen LogP contribution in [0.2, 0.25) is 0 Å². The Morgan fingerprint density at radius 3 is 2.68 bits per heavy atom. The number of benzene rings is 1. The van der Waals surface area contributed by atoms with Crippen LogP contribution in [-0.4, -0.2) is 17.6 Å². The molecule has 5 heteroatoms. The summed E-state index contributed by atoms with van der Waals surface area (Å²) in [5, 5.41) is 5.97. The van der Waals surface area contributed by atoms with Crippen LogP contribution in [-0.2, 0) is 4.79 Å². The average molecular weight is 276 g/mol. The lowest BCUT2D eigenvalue weighted by Crippen LogP contribution is -2.35. The molecule has 2 N–H and O–H groups in total. The Morgan fingerprint density at radius 2 is 2.11 bits per heavy atom.